The molecule has 5 aromatic rings. The number of hydrogen-bond donors (Lipinski definition) is 1. The van der Waals surface area contributed by atoms with Gasteiger partial charge < -0.3 is 9.84 Å². The summed E-state index contributed by atoms with van der Waals surface area (Å²) in [5, 5.41) is 22.2. The number of nitrogens with zero attached hydrogens (tertiary/aromatic N) is 4. The lowest BCUT2D eigenvalue weighted by molar-refractivity contribution is -0.115. The van der Waals surface area contributed by atoms with E-state index in [1.165, 1.54) is 11.8 Å². The minimum atomic E-state index is -0.0295. The number of amides is 1. The zero-order valence-electron chi connectivity index (χ0n) is 21.6. The number of aromatic hydroxyl groups is 1. The molecule has 7 nitrogen and oxygen atoms in total. The number of carbonyl (C=O) groups excluding carboxylic acids is 1. The van der Waals surface area contributed by atoms with E-state index in [0.29, 0.717) is 29.7 Å². The first-order valence-corrected chi connectivity index (χ1v) is 13.9. The van der Waals surface area contributed by atoms with Gasteiger partial charge in [-0.3, -0.25) is 14.3 Å². The van der Waals surface area contributed by atoms with Gasteiger partial charge >= 0.3 is 0 Å². The molecule has 1 N–H and O–H groups in total. The minimum absolute atomic E-state index is 0.0295. The number of carbonyl (C=O) groups is 1. The van der Waals surface area contributed by atoms with E-state index in [9.17, 15) is 9.90 Å². The molecule has 1 aliphatic heterocycles. The second kappa shape index (κ2) is 10.9. The summed E-state index contributed by atoms with van der Waals surface area (Å²) in [5.74, 6) is 0.816. The van der Waals surface area contributed by atoms with Crippen LogP contribution in [0.15, 0.2) is 90.1 Å². The van der Waals surface area contributed by atoms with E-state index in [1.807, 2.05) is 76.2 Å². The van der Waals surface area contributed by atoms with Crippen molar-refractivity contribution < 1.29 is 14.6 Å². The highest BCUT2D eigenvalue weighted by atomic mass is 32.2. The summed E-state index contributed by atoms with van der Waals surface area (Å²) in [6, 6.07) is 27.7. The largest absolute Gasteiger partial charge is 0.507 e. The molecule has 0 atom stereocenters. The molecule has 0 radical (unpaired) electrons. The van der Waals surface area contributed by atoms with Crippen molar-refractivity contribution in [2.75, 3.05) is 24.4 Å². The summed E-state index contributed by atoms with van der Waals surface area (Å²) < 4.78 is 7.26. The molecule has 1 amide bonds. The number of hydrogen-bond acceptors (Lipinski definition) is 6. The lowest BCUT2D eigenvalue weighted by Gasteiger charge is -2.25. The first-order valence-electron chi connectivity index (χ1n) is 12.9. The van der Waals surface area contributed by atoms with Gasteiger partial charge in [0.2, 0.25) is 5.91 Å². The van der Waals surface area contributed by atoms with Crippen LogP contribution in [0.25, 0.3) is 22.2 Å². The van der Waals surface area contributed by atoms with Gasteiger partial charge in [0.1, 0.15) is 5.75 Å². The molecule has 0 bridgehead atoms. The number of aryl methyl sites for hydroxylation is 2. The second-order valence-electron chi connectivity index (χ2n) is 9.44. The van der Waals surface area contributed by atoms with Crippen molar-refractivity contribution in [3.8, 4) is 17.1 Å². The van der Waals surface area contributed by atoms with Crippen molar-refractivity contribution in [1.29, 1.82) is 0 Å². The number of phenols is 1. The Morgan fingerprint density at radius 2 is 1.51 bits per heavy atom. The Balaban J connectivity index is 1.32. The van der Waals surface area contributed by atoms with E-state index in [2.05, 4.69) is 22.3 Å². The number of aromatic nitrogens is 3. The summed E-state index contributed by atoms with van der Waals surface area (Å²) in [4.78, 5) is 15.7. The number of ether oxygens (including phenoxy) is 1. The predicted molar refractivity (Wildman–Crippen MR) is 155 cm³/mol. The zero-order chi connectivity index (χ0) is 26.8. The number of rotatable bonds is 7. The summed E-state index contributed by atoms with van der Waals surface area (Å²) in [6.45, 7) is 0.921. The molecular weight excluding hydrogens is 508 g/mol. The number of benzene rings is 4. The van der Waals surface area contributed by atoms with Crippen LogP contribution in [0.1, 0.15) is 11.1 Å². The van der Waals surface area contributed by atoms with Crippen LogP contribution >= 0.6 is 11.8 Å². The number of methoxy groups -OCH3 is 1. The topological polar surface area (TPSA) is 80.5 Å². The zero-order valence-corrected chi connectivity index (χ0v) is 22.4. The normalized spacial score (nSPS) is 12.7. The molecule has 196 valence electrons. The van der Waals surface area contributed by atoms with Crippen LogP contribution in [0.5, 0.6) is 5.75 Å². The molecule has 1 aromatic heterocycles. The highest BCUT2D eigenvalue weighted by molar-refractivity contribution is 7.99. The molecule has 0 saturated carbocycles. The fraction of sp³-hybridized carbons (Fsp3) is 0.194. The molecule has 2 heterocycles. The Morgan fingerprint density at radius 3 is 2.18 bits per heavy atom. The lowest BCUT2D eigenvalue weighted by atomic mass is 10.0. The van der Waals surface area contributed by atoms with Gasteiger partial charge in [-0.25, -0.2) is 0 Å². The molecule has 0 spiro atoms. The van der Waals surface area contributed by atoms with Crippen molar-refractivity contribution in [3.05, 3.63) is 96.1 Å². The number of anilines is 2. The van der Waals surface area contributed by atoms with E-state index in [4.69, 9.17) is 4.74 Å². The summed E-state index contributed by atoms with van der Waals surface area (Å²) in [7, 11) is 1.64. The molecule has 0 fully saturated rings. The van der Waals surface area contributed by atoms with Crippen LogP contribution < -0.4 is 4.90 Å². The molecule has 8 heteroatoms. The molecule has 0 unspecified atom stereocenters. The molecule has 4 aromatic carbocycles. The van der Waals surface area contributed by atoms with Gasteiger partial charge in [0.05, 0.1) is 35.8 Å². The maximum Gasteiger partial charge on any atom is 0.242 e. The molecule has 1 aliphatic rings. The fourth-order valence-electron chi connectivity index (χ4n) is 5.13. The average molecular weight is 537 g/mol. The van der Waals surface area contributed by atoms with Gasteiger partial charge in [0, 0.05) is 7.11 Å². The van der Waals surface area contributed by atoms with E-state index >= 15 is 0 Å². The highest BCUT2D eigenvalue weighted by Gasteiger charge is 2.26. The van der Waals surface area contributed by atoms with E-state index < -0.39 is 0 Å². The molecule has 0 saturated heterocycles. The maximum absolute atomic E-state index is 13.8. The highest BCUT2D eigenvalue weighted by Crippen LogP contribution is 2.38. The van der Waals surface area contributed by atoms with Crippen molar-refractivity contribution in [2.24, 2.45) is 0 Å². The molecule has 39 heavy (non-hydrogen) atoms. The number of phenolic OH excluding ortho intramolecular Hbond substituents is 1. The van der Waals surface area contributed by atoms with Crippen LogP contribution in [0.4, 0.5) is 11.4 Å². The third kappa shape index (κ3) is 4.89. The predicted octanol–water partition coefficient (Wildman–Crippen LogP) is 6.01. The summed E-state index contributed by atoms with van der Waals surface area (Å²) >= 11 is 1.34. The van der Waals surface area contributed by atoms with Crippen LogP contribution in [0.2, 0.25) is 0 Å². The average Bonchev–Trinajstić information content (AvgIpc) is 3.28. The molecule has 0 aliphatic carbocycles. The van der Waals surface area contributed by atoms with Gasteiger partial charge in [-0.1, -0.05) is 72.4 Å². The first-order chi connectivity index (χ1) is 19.1. The summed E-state index contributed by atoms with van der Waals surface area (Å²) in [6.07, 6.45) is 1.77. The van der Waals surface area contributed by atoms with E-state index in [0.717, 1.165) is 46.1 Å². The van der Waals surface area contributed by atoms with Crippen molar-refractivity contribution in [2.45, 2.75) is 24.5 Å². The number of thioether (sulfide) groups is 1. The van der Waals surface area contributed by atoms with Crippen LogP contribution in [0, 0.1) is 0 Å². The Labute approximate surface area is 231 Å². The van der Waals surface area contributed by atoms with Crippen LogP contribution in [0.3, 0.4) is 0 Å². The van der Waals surface area contributed by atoms with Gasteiger partial charge in [0.25, 0.3) is 0 Å². The standard InChI is InChI=1S/C31H28N4O3S/c1-38-17-16-34-30(25-18-23-10-2-3-11-24(23)19-28(25)36)32-33-31(34)39-20-29(37)35-26-12-6-4-8-21(26)14-15-22-9-5-7-13-27(22)35/h2-13,18-19,36H,14-17,20H2,1H3. The smallest absolute Gasteiger partial charge is 0.242 e. The van der Waals surface area contributed by atoms with Crippen molar-refractivity contribution >= 4 is 39.8 Å². The minimum Gasteiger partial charge on any atom is -0.507 e. The Kier molecular flexibility index (Phi) is 7.04. The van der Waals surface area contributed by atoms with E-state index in [1.54, 1.807) is 13.2 Å². The first kappa shape index (κ1) is 25.2. The Morgan fingerprint density at radius 1 is 0.897 bits per heavy atom. The van der Waals surface area contributed by atoms with Crippen LogP contribution in [-0.4, -0.2) is 45.2 Å². The number of para-hydroxylation sites is 2. The quantitative estimate of drug-likeness (QED) is 0.257. The molecular formula is C31H28N4O3S. The Hall–Kier alpha value is -4.14. The third-order valence-corrected chi connectivity index (χ3v) is 8.00. The third-order valence-electron chi connectivity index (χ3n) is 7.04. The van der Waals surface area contributed by atoms with Gasteiger partial charge in [-0.2, -0.15) is 0 Å². The van der Waals surface area contributed by atoms with E-state index in [-0.39, 0.29) is 17.4 Å². The molecule has 6 rings (SSSR count). The van der Waals surface area contributed by atoms with Crippen molar-refractivity contribution in [3.63, 3.8) is 0 Å². The SMILES string of the molecule is COCCn1c(SCC(=O)N2c3ccccc3CCc3ccccc32)nnc1-c1cc2ccccc2cc1O. The van der Waals surface area contributed by atoms with Gasteiger partial charge in [0.15, 0.2) is 11.0 Å². The monoisotopic (exact) mass is 536 g/mol. The Bertz CT molecular complexity index is 1620. The maximum atomic E-state index is 13.8. The second-order valence-corrected chi connectivity index (χ2v) is 10.4. The van der Waals surface area contributed by atoms with Gasteiger partial charge in [-0.05, 0) is 59.0 Å². The van der Waals surface area contributed by atoms with Crippen molar-refractivity contribution in [1.82, 2.24) is 14.8 Å². The van der Waals surface area contributed by atoms with Gasteiger partial charge in [-0.15, -0.1) is 10.2 Å². The van der Waals surface area contributed by atoms with Crippen LogP contribution in [-0.2, 0) is 28.9 Å². The fourth-order valence-corrected chi connectivity index (χ4v) is 5.94. The number of fused-ring (bicyclic) bond motifs is 3. The lowest BCUT2D eigenvalue weighted by Crippen LogP contribution is -2.28. The summed E-state index contributed by atoms with van der Waals surface area (Å²) in [5.41, 5.74) is 4.76.